The maximum absolute atomic E-state index is 12.4. The molecule has 136 valence electrons. The number of H-pyrrole nitrogens is 1. The summed E-state index contributed by atoms with van der Waals surface area (Å²) in [6, 6.07) is 1.88. The van der Waals surface area contributed by atoms with Crippen molar-refractivity contribution in [2.45, 2.75) is 59.0 Å². The van der Waals surface area contributed by atoms with Gasteiger partial charge >= 0.3 is 6.09 Å². The summed E-state index contributed by atoms with van der Waals surface area (Å²) in [4.78, 5) is 31.6. The van der Waals surface area contributed by atoms with Crippen molar-refractivity contribution in [3.8, 4) is 0 Å². The number of carbonyl (C=O) groups is 1. The Balaban J connectivity index is 2.08. The van der Waals surface area contributed by atoms with Gasteiger partial charge in [0.15, 0.2) is 5.52 Å². The number of carbonyl (C=O) groups excluding carboxylic acids is 1. The van der Waals surface area contributed by atoms with E-state index in [4.69, 9.17) is 4.74 Å². The number of aromatic amines is 1. The normalized spacial score (nSPS) is 15.6. The van der Waals surface area contributed by atoms with Crippen molar-refractivity contribution in [1.82, 2.24) is 14.8 Å². The van der Waals surface area contributed by atoms with E-state index in [1.807, 2.05) is 6.07 Å². The first-order valence-corrected chi connectivity index (χ1v) is 8.93. The Kier molecular flexibility index (Phi) is 4.58. The molecule has 0 bridgehead atoms. The molecule has 1 aliphatic heterocycles. The van der Waals surface area contributed by atoms with Crippen molar-refractivity contribution in [2.75, 3.05) is 18.0 Å². The van der Waals surface area contributed by atoms with Crippen LogP contribution in [0.15, 0.2) is 10.9 Å². The van der Waals surface area contributed by atoms with Crippen LogP contribution in [-0.4, -0.2) is 39.5 Å². The number of pyridine rings is 1. The smallest absolute Gasteiger partial charge is 0.434 e. The van der Waals surface area contributed by atoms with Crippen molar-refractivity contribution in [2.24, 2.45) is 0 Å². The predicted molar refractivity (Wildman–Crippen MR) is 97.4 cm³/mol. The minimum atomic E-state index is -0.640. The molecule has 0 aromatic carbocycles. The second-order valence-electron chi connectivity index (χ2n) is 7.50. The number of nitrogens with zero attached hydrogens (tertiary/aromatic N) is 3. The number of aromatic nitrogens is 3. The van der Waals surface area contributed by atoms with E-state index < -0.39 is 11.7 Å². The van der Waals surface area contributed by atoms with Gasteiger partial charge in [-0.05, 0) is 58.1 Å². The van der Waals surface area contributed by atoms with Crippen LogP contribution in [0.4, 0.5) is 10.6 Å². The Hall–Kier alpha value is -2.31. The average Bonchev–Trinajstić information content (AvgIpc) is 2.89. The average molecular weight is 346 g/mol. The molecule has 0 spiro atoms. The third kappa shape index (κ3) is 3.55. The van der Waals surface area contributed by atoms with Crippen LogP contribution >= 0.6 is 0 Å². The fourth-order valence-electron chi connectivity index (χ4n) is 3.18. The lowest BCUT2D eigenvalue weighted by atomic mass is 10.1. The molecule has 0 saturated carbocycles. The number of nitrogens with one attached hydrogen (secondary N) is 1. The second-order valence-corrected chi connectivity index (χ2v) is 7.50. The number of rotatable bonds is 2. The molecule has 2 aromatic heterocycles. The van der Waals surface area contributed by atoms with Crippen molar-refractivity contribution in [1.29, 1.82) is 0 Å². The Bertz CT molecular complexity index is 838. The van der Waals surface area contributed by atoms with Crippen LogP contribution in [0.25, 0.3) is 11.0 Å². The molecule has 3 rings (SSSR count). The zero-order valence-electron chi connectivity index (χ0n) is 15.4. The van der Waals surface area contributed by atoms with Gasteiger partial charge in [0.1, 0.15) is 16.9 Å². The Morgan fingerprint density at radius 3 is 2.56 bits per heavy atom. The molecule has 1 N–H and O–H groups in total. The summed E-state index contributed by atoms with van der Waals surface area (Å²) in [6.45, 7) is 9.34. The van der Waals surface area contributed by atoms with Gasteiger partial charge < -0.3 is 9.64 Å². The van der Waals surface area contributed by atoms with Crippen LogP contribution in [0.2, 0.25) is 0 Å². The van der Waals surface area contributed by atoms with E-state index in [2.05, 4.69) is 21.9 Å². The summed E-state index contributed by atoms with van der Waals surface area (Å²) in [6.07, 6.45) is 3.68. The maximum atomic E-state index is 12.4. The van der Waals surface area contributed by atoms with E-state index in [0.29, 0.717) is 5.52 Å². The quantitative estimate of drug-likeness (QED) is 0.904. The maximum Gasteiger partial charge on any atom is 0.434 e. The minimum absolute atomic E-state index is 0.281. The topological polar surface area (TPSA) is 80.2 Å². The zero-order valence-corrected chi connectivity index (χ0v) is 15.4. The molecule has 25 heavy (non-hydrogen) atoms. The lowest BCUT2D eigenvalue weighted by Gasteiger charge is -2.29. The summed E-state index contributed by atoms with van der Waals surface area (Å²) in [7, 11) is 0. The fraction of sp³-hybridized carbons (Fsp3) is 0.611. The molecule has 7 heteroatoms. The first kappa shape index (κ1) is 17.5. The number of ether oxygens (including phenoxy) is 1. The highest BCUT2D eigenvalue weighted by molar-refractivity contribution is 5.87. The van der Waals surface area contributed by atoms with Crippen molar-refractivity contribution in [3.63, 3.8) is 0 Å². The monoisotopic (exact) mass is 346 g/mol. The van der Waals surface area contributed by atoms with Crippen LogP contribution < -0.4 is 10.5 Å². The van der Waals surface area contributed by atoms with Gasteiger partial charge in [-0.1, -0.05) is 6.92 Å². The predicted octanol–water partition coefficient (Wildman–Crippen LogP) is 3.06. The molecule has 0 amide bonds. The van der Waals surface area contributed by atoms with Gasteiger partial charge in [-0.25, -0.2) is 9.78 Å². The van der Waals surface area contributed by atoms with Crippen LogP contribution in [0.1, 0.15) is 52.5 Å². The molecule has 0 aliphatic carbocycles. The molecule has 0 atom stereocenters. The summed E-state index contributed by atoms with van der Waals surface area (Å²) in [5, 5.41) is 2.56. The summed E-state index contributed by atoms with van der Waals surface area (Å²) in [5.74, 6) is 0.863. The number of anilines is 1. The lowest BCUT2D eigenvalue weighted by molar-refractivity contribution is 0.0522. The summed E-state index contributed by atoms with van der Waals surface area (Å²) >= 11 is 0. The van der Waals surface area contributed by atoms with Crippen molar-refractivity contribution in [3.05, 3.63) is 22.0 Å². The zero-order chi connectivity index (χ0) is 18.2. The fourth-order valence-corrected chi connectivity index (χ4v) is 3.18. The molecule has 7 nitrogen and oxygen atoms in total. The summed E-state index contributed by atoms with van der Waals surface area (Å²) in [5.41, 5.74) is 0.771. The second kappa shape index (κ2) is 6.54. The Morgan fingerprint density at radius 2 is 1.96 bits per heavy atom. The number of fused-ring (bicyclic) bond motifs is 1. The molecular formula is C18H26N4O3. The third-order valence-electron chi connectivity index (χ3n) is 4.34. The van der Waals surface area contributed by atoms with Crippen LogP contribution in [0.5, 0.6) is 0 Å². The molecule has 1 saturated heterocycles. The van der Waals surface area contributed by atoms with Gasteiger partial charge in [0.2, 0.25) is 0 Å². The lowest BCUT2D eigenvalue weighted by Crippen LogP contribution is -2.31. The first-order chi connectivity index (χ1) is 11.8. The van der Waals surface area contributed by atoms with Crippen LogP contribution in [0.3, 0.4) is 0 Å². The van der Waals surface area contributed by atoms with E-state index >= 15 is 0 Å². The number of aryl methyl sites for hydroxylation is 1. The first-order valence-electron chi connectivity index (χ1n) is 8.93. The third-order valence-corrected chi connectivity index (χ3v) is 4.34. The van der Waals surface area contributed by atoms with Gasteiger partial charge in [0.05, 0.1) is 0 Å². The molecule has 1 fully saturated rings. The van der Waals surface area contributed by atoms with Crippen molar-refractivity contribution < 1.29 is 9.53 Å². The SMILES string of the molecule is CCc1cc2c(nc1N1CCCCC1)c(=O)[nH]n2C(=O)OC(C)(C)C. The largest absolute Gasteiger partial charge is 0.442 e. The Labute approximate surface area is 147 Å². The summed E-state index contributed by atoms with van der Waals surface area (Å²) < 4.78 is 6.54. The van der Waals surface area contributed by atoms with E-state index in [9.17, 15) is 9.59 Å². The van der Waals surface area contributed by atoms with Gasteiger partial charge in [0, 0.05) is 13.1 Å². The van der Waals surface area contributed by atoms with Gasteiger partial charge in [0.25, 0.3) is 5.56 Å². The Morgan fingerprint density at radius 1 is 1.28 bits per heavy atom. The highest BCUT2D eigenvalue weighted by Crippen LogP contribution is 2.26. The van der Waals surface area contributed by atoms with E-state index in [-0.39, 0.29) is 11.1 Å². The number of hydrogen-bond acceptors (Lipinski definition) is 5. The number of hydrogen-bond donors (Lipinski definition) is 1. The molecule has 2 aromatic rings. The minimum Gasteiger partial charge on any atom is -0.442 e. The van der Waals surface area contributed by atoms with Crippen molar-refractivity contribution >= 4 is 22.9 Å². The van der Waals surface area contributed by atoms with E-state index in [0.717, 1.165) is 48.4 Å². The van der Waals surface area contributed by atoms with E-state index in [1.165, 1.54) is 6.42 Å². The van der Waals surface area contributed by atoms with Gasteiger partial charge in [-0.15, -0.1) is 0 Å². The number of piperidine rings is 1. The highest BCUT2D eigenvalue weighted by Gasteiger charge is 2.24. The standard InChI is InChI=1S/C18H26N4O3/c1-5-12-11-13-14(19-15(12)21-9-7-6-8-10-21)16(23)20-22(13)17(24)25-18(2,3)4/h11H,5-10H2,1-4H3,(H,20,23). The molecular weight excluding hydrogens is 320 g/mol. The van der Waals surface area contributed by atoms with E-state index in [1.54, 1.807) is 20.8 Å². The molecule has 3 heterocycles. The van der Waals surface area contributed by atoms with Gasteiger partial charge in [-0.3, -0.25) is 9.89 Å². The van der Waals surface area contributed by atoms with Crippen LogP contribution in [0, 0.1) is 0 Å². The highest BCUT2D eigenvalue weighted by atomic mass is 16.6. The molecule has 0 radical (unpaired) electrons. The van der Waals surface area contributed by atoms with Crippen LogP contribution in [-0.2, 0) is 11.2 Å². The molecule has 0 unspecified atom stereocenters. The van der Waals surface area contributed by atoms with Gasteiger partial charge in [-0.2, -0.15) is 4.68 Å². The molecule has 1 aliphatic rings.